The summed E-state index contributed by atoms with van der Waals surface area (Å²) in [6, 6.07) is 1.73. The summed E-state index contributed by atoms with van der Waals surface area (Å²) in [6.45, 7) is 4.49. The minimum absolute atomic E-state index is 0.257. The van der Waals surface area contributed by atoms with Crippen molar-refractivity contribution in [3.8, 4) is 5.75 Å². The number of pyridine rings is 1. The molecule has 0 aromatic carbocycles. The van der Waals surface area contributed by atoms with Crippen molar-refractivity contribution >= 4 is 17.4 Å². The summed E-state index contributed by atoms with van der Waals surface area (Å²) in [6.07, 6.45) is 5.84. The first kappa shape index (κ1) is 15.6. The van der Waals surface area contributed by atoms with Crippen molar-refractivity contribution in [2.45, 2.75) is 33.1 Å². The highest BCUT2D eigenvalue weighted by atomic mass is 35.5. The molecular weight excluding hydrogens is 266 g/mol. The summed E-state index contributed by atoms with van der Waals surface area (Å²) in [5, 5.41) is 12.3. The zero-order chi connectivity index (χ0) is 14.3. The molecule has 1 aromatic rings. The van der Waals surface area contributed by atoms with Crippen molar-refractivity contribution in [1.82, 2.24) is 4.98 Å². The van der Waals surface area contributed by atoms with E-state index >= 15 is 0 Å². The number of aromatic nitrogens is 1. The number of hydrogen-bond donors (Lipinski definition) is 2. The van der Waals surface area contributed by atoms with Gasteiger partial charge in [0.15, 0.2) is 0 Å². The number of ether oxygens (including phenoxy) is 1. The summed E-state index contributed by atoms with van der Waals surface area (Å²) < 4.78 is 5.53. The Morgan fingerprint density at radius 2 is 2.21 bits per heavy atom. The summed E-state index contributed by atoms with van der Waals surface area (Å²) in [5.41, 5.74) is 5.32. The van der Waals surface area contributed by atoms with Gasteiger partial charge in [0.05, 0.1) is 17.8 Å². The summed E-state index contributed by atoms with van der Waals surface area (Å²) in [7, 11) is 0. The van der Waals surface area contributed by atoms with Crippen LogP contribution >= 0.6 is 11.6 Å². The highest BCUT2D eigenvalue weighted by Crippen LogP contribution is 2.23. The summed E-state index contributed by atoms with van der Waals surface area (Å²) in [4.78, 5) is 3.94. The SMILES string of the molecule is CC(C)(CCCCOc1cncc(Cl)c1)/C(N)=N/O. The molecule has 0 unspecified atom stereocenters. The monoisotopic (exact) mass is 285 g/mol. The molecule has 0 aliphatic carbocycles. The lowest BCUT2D eigenvalue weighted by Crippen LogP contribution is -2.31. The highest BCUT2D eigenvalue weighted by Gasteiger charge is 2.22. The van der Waals surface area contributed by atoms with E-state index < -0.39 is 0 Å². The van der Waals surface area contributed by atoms with Crippen LogP contribution in [0, 0.1) is 5.41 Å². The zero-order valence-corrected chi connectivity index (χ0v) is 12.0. The molecule has 0 saturated carbocycles. The Balaban J connectivity index is 2.25. The van der Waals surface area contributed by atoms with Crippen molar-refractivity contribution in [3.05, 3.63) is 23.5 Å². The Bertz CT molecular complexity index is 436. The van der Waals surface area contributed by atoms with Crippen LogP contribution in [0.15, 0.2) is 23.6 Å². The Morgan fingerprint density at radius 1 is 1.47 bits per heavy atom. The second kappa shape index (κ2) is 7.19. The van der Waals surface area contributed by atoms with Crippen LogP contribution in [0.1, 0.15) is 33.1 Å². The summed E-state index contributed by atoms with van der Waals surface area (Å²) >= 11 is 5.80. The lowest BCUT2D eigenvalue weighted by molar-refractivity contribution is 0.288. The first-order valence-corrected chi connectivity index (χ1v) is 6.55. The molecule has 1 aromatic heterocycles. The lowest BCUT2D eigenvalue weighted by Gasteiger charge is -2.22. The molecule has 0 saturated heterocycles. The molecule has 0 atom stereocenters. The molecule has 106 valence electrons. The van der Waals surface area contributed by atoms with Gasteiger partial charge >= 0.3 is 0 Å². The maximum Gasteiger partial charge on any atom is 0.144 e. The van der Waals surface area contributed by atoms with Crippen LogP contribution in [0.3, 0.4) is 0 Å². The van der Waals surface area contributed by atoms with Crippen LogP contribution in [0.4, 0.5) is 0 Å². The van der Waals surface area contributed by atoms with Gasteiger partial charge in [0, 0.05) is 17.7 Å². The zero-order valence-electron chi connectivity index (χ0n) is 11.3. The molecule has 0 aliphatic rings. The van der Waals surface area contributed by atoms with E-state index in [0.29, 0.717) is 17.4 Å². The quantitative estimate of drug-likeness (QED) is 0.265. The van der Waals surface area contributed by atoms with Gasteiger partial charge in [0.25, 0.3) is 0 Å². The fourth-order valence-electron chi connectivity index (χ4n) is 1.59. The highest BCUT2D eigenvalue weighted by molar-refractivity contribution is 6.30. The van der Waals surface area contributed by atoms with E-state index in [0.717, 1.165) is 19.3 Å². The average molecular weight is 286 g/mol. The van der Waals surface area contributed by atoms with Crippen LogP contribution in [-0.2, 0) is 0 Å². The van der Waals surface area contributed by atoms with Gasteiger partial charge in [-0.05, 0) is 19.3 Å². The molecular formula is C13H20ClN3O2. The standard InChI is InChI=1S/C13H20ClN3O2/c1-13(2,12(15)17-18)5-3-4-6-19-11-7-10(14)8-16-9-11/h7-9,18H,3-6H2,1-2H3,(H2,15,17). The molecule has 0 radical (unpaired) electrons. The second-order valence-corrected chi connectivity index (χ2v) is 5.45. The molecule has 0 amide bonds. The Kier molecular flexibility index (Phi) is 5.89. The fourth-order valence-corrected chi connectivity index (χ4v) is 1.76. The van der Waals surface area contributed by atoms with Gasteiger partial charge in [-0.15, -0.1) is 0 Å². The molecule has 5 nitrogen and oxygen atoms in total. The fraction of sp³-hybridized carbons (Fsp3) is 0.538. The predicted molar refractivity (Wildman–Crippen MR) is 75.8 cm³/mol. The van der Waals surface area contributed by atoms with E-state index in [-0.39, 0.29) is 11.3 Å². The van der Waals surface area contributed by atoms with Gasteiger partial charge in [-0.2, -0.15) is 0 Å². The number of rotatable bonds is 7. The predicted octanol–water partition coefficient (Wildman–Crippen LogP) is 3.06. The maximum absolute atomic E-state index is 8.67. The number of oxime groups is 1. The van der Waals surface area contributed by atoms with Crippen LogP contribution in [0.5, 0.6) is 5.75 Å². The van der Waals surface area contributed by atoms with E-state index in [1.54, 1.807) is 18.5 Å². The summed E-state index contributed by atoms with van der Waals surface area (Å²) in [5.74, 6) is 0.927. The third-order valence-corrected chi connectivity index (χ3v) is 3.15. The number of hydrogen-bond acceptors (Lipinski definition) is 4. The van der Waals surface area contributed by atoms with Crippen molar-refractivity contribution in [2.75, 3.05) is 6.61 Å². The van der Waals surface area contributed by atoms with E-state index in [1.165, 1.54) is 0 Å². The van der Waals surface area contributed by atoms with E-state index in [4.69, 9.17) is 27.3 Å². The smallest absolute Gasteiger partial charge is 0.144 e. The van der Waals surface area contributed by atoms with Crippen LogP contribution in [0.25, 0.3) is 0 Å². The van der Waals surface area contributed by atoms with Crippen molar-refractivity contribution in [2.24, 2.45) is 16.3 Å². The van der Waals surface area contributed by atoms with Gasteiger partial charge in [0.1, 0.15) is 11.6 Å². The number of halogens is 1. The van der Waals surface area contributed by atoms with Gasteiger partial charge < -0.3 is 15.7 Å². The van der Waals surface area contributed by atoms with Gasteiger partial charge in [0.2, 0.25) is 0 Å². The lowest BCUT2D eigenvalue weighted by atomic mass is 9.86. The number of nitrogens with zero attached hydrogens (tertiary/aromatic N) is 2. The molecule has 1 heterocycles. The van der Waals surface area contributed by atoms with Gasteiger partial charge in [-0.25, -0.2) is 0 Å². The third kappa shape index (κ3) is 5.34. The topological polar surface area (TPSA) is 80.7 Å². The Labute approximate surface area is 118 Å². The Morgan fingerprint density at radius 3 is 2.84 bits per heavy atom. The van der Waals surface area contributed by atoms with E-state index in [2.05, 4.69) is 10.1 Å². The van der Waals surface area contributed by atoms with Crippen molar-refractivity contribution in [3.63, 3.8) is 0 Å². The normalized spacial score (nSPS) is 12.5. The van der Waals surface area contributed by atoms with Gasteiger partial charge in [-0.3, -0.25) is 4.98 Å². The van der Waals surface area contributed by atoms with Crippen molar-refractivity contribution < 1.29 is 9.94 Å². The molecule has 0 fully saturated rings. The molecule has 6 heteroatoms. The molecule has 0 bridgehead atoms. The van der Waals surface area contributed by atoms with Crippen LogP contribution in [-0.4, -0.2) is 22.6 Å². The minimum Gasteiger partial charge on any atom is -0.492 e. The van der Waals surface area contributed by atoms with Crippen molar-refractivity contribution in [1.29, 1.82) is 0 Å². The molecule has 0 aliphatic heterocycles. The maximum atomic E-state index is 8.67. The molecule has 0 spiro atoms. The van der Waals surface area contributed by atoms with Crippen LogP contribution < -0.4 is 10.5 Å². The Hall–Kier alpha value is -1.49. The number of unbranched alkanes of at least 4 members (excludes halogenated alkanes) is 1. The average Bonchev–Trinajstić information content (AvgIpc) is 2.37. The second-order valence-electron chi connectivity index (χ2n) is 5.01. The van der Waals surface area contributed by atoms with E-state index in [1.807, 2.05) is 13.8 Å². The molecule has 3 N–H and O–H groups in total. The first-order chi connectivity index (χ1) is 8.95. The van der Waals surface area contributed by atoms with Gasteiger partial charge in [-0.1, -0.05) is 30.6 Å². The van der Waals surface area contributed by atoms with E-state index in [9.17, 15) is 0 Å². The third-order valence-electron chi connectivity index (χ3n) is 2.95. The van der Waals surface area contributed by atoms with Crippen LogP contribution in [0.2, 0.25) is 5.02 Å². The number of nitrogens with two attached hydrogens (primary N) is 1. The number of amidine groups is 1. The largest absolute Gasteiger partial charge is 0.492 e. The first-order valence-electron chi connectivity index (χ1n) is 6.17. The molecule has 1 rings (SSSR count). The minimum atomic E-state index is -0.299. The molecule has 19 heavy (non-hydrogen) atoms.